The molecule has 1 heterocycles. The molecule has 0 saturated heterocycles. The van der Waals surface area contributed by atoms with E-state index in [1.807, 2.05) is 11.7 Å². The summed E-state index contributed by atoms with van der Waals surface area (Å²) in [6, 6.07) is 0. The third-order valence-electron chi connectivity index (χ3n) is 2.44. The van der Waals surface area contributed by atoms with Crippen LogP contribution < -0.4 is 0 Å². The zero-order valence-corrected chi connectivity index (χ0v) is 6.90. The molecule has 1 aliphatic rings. The fraction of sp³-hybridized carbons (Fsp3) is 0.625. The quantitative estimate of drug-likeness (QED) is 0.604. The average molecular weight is 153 g/mol. The van der Waals surface area contributed by atoms with Crippen LogP contribution in [0.2, 0.25) is 0 Å². The minimum absolute atomic E-state index is 0.840. The Bertz CT molecular complexity index is 205. The summed E-state index contributed by atoms with van der Waals surface area (Å²) in [5.74, 6) is 1.74. The van der Waals surface area contributed by atoms with Crippen molar-refractivity contribution in [2.45, 2.75) is 25.7 Å². The van der Waals surface area contributed by atoms with E-state index >= 15 is 0 Å². The largest absolute Gasteiger partial charge is 0.253 e. The maximum absolute atomic E-state index is 4.08. The van der Waals surface area contributed by atoms with Gasteiger partial charge in [-0.15, -0.1) is 11.3 Å². The van der Waals surface area contributed by atoms with E-state index in [-0.39, 0.29) is 0 Å². The summed E-state index contributed by atoms with van der Waals surface area (Å²) in [6.45, 7) is 2.33. The predicted molar refractivity (Wildman–Crippen MR) is 43.3 cm³/mol. The molecule has 10 heavy (non-hydrogen) atoms. The third kappa shape index (κ3) is 0.870. The van der Waals surface area contributed by atoms with Crippen molar-refractivity contribution in [2.24, 2.45) is 5.92 Å². The molecule has 1 saturated carbocycles. The van der Waals surface area contributed by atoms with Crippen LogP contribution in [0.5, 0.6) is 0 Å². The van der Waals surface area contributed by atoms with Crippen molar-refractivity contribution in [1.82, 2.24) is 4.98 Å². The van der Waals surface area contributed by atoms with Crippen LogP contribution in [0.3, 0.4) is 0 Å². The van der Waals surface area contributed by atoms with Crippen molar-refractivity contribution < 1.29 is 0 Å². The van der Waals surface area contributed by atoms with Crippen LogP contribution in [0, 0.1) is 5.92 Å². The second-order valence-electron chi connectivity index (χ2n) is 3.06. The predicted octanol–water partition coefficient (Wildman–Crippen LogP) is 2.66. The van der Waals surface area contributed by atoms with Crippen LogP contribution in [0.15, 0.2) is 11.7 Å². The molecule has 1 aromatic heterocycles. The Morgan fingerprint density at radius 2 is 2.50 bits per heavy atom. The van der Waals surface area contributed by atoms with Crippen LogP contribution in [0.1, 0.15) is 30.6 Å². The molecule has 1 aromatic rings. The highest BCUT2D eigenvalue weighted by Gasteiger charge is 2.28. The molecule has 0 aliphatic heterocycles. The van der Waals surface area contributed by atoms with Crippen LogP contribution in [-0.2, 0) is 0 Å². The first-order valence-corrected chi connectivity index (χ1v) is 4.64. The van der Waals surface area contributed by atoms with Crippen LogP contribution in [0.25, 0.3) is 0 Å². The van der Waals surface area contributed by atoms with Gasteiger partial charge in [-0.3, -0.25) is 4.98 Å². The van der Waals surface area contributed by atoms with Gasteiger partial charge in [0.25, 0.3) is 0 Å². The Balaban J connectivity index is 2.14. The van der Waals surface area contributed by atoms with Gasteiger partial charge < -0.3 is 0 Å². The monoisotopic (exact) mass is 153 g/mol. The van der Waals surface area contributed by atoms with Gasteiger partial charge in [-0.25, -0.2) is 0 Å². The lowest BCUT2D eigenvalue weighted by Gasteiger charge is -2.32. The summed E-state index contributed by atoms with van der Waals surface area (Å²) in [6.07, 6.45) is 4.80. The maximum atomic E-state index is 4.08. The normalized spacial score (nSPS) is 31.7. The maximum Gasteiger partial charge on any atom is 0.0794 e. The molecule has 54 valence electrons. The number of rotatable bonds is 1. The highest BCUT2D eigenvalue weighted by Crippen LogP contribution is 2.43. The lowest BCUT2D eigenvalue weighted by atomic mass is 9.74. The van der Waals surface area contributed by atoms with Crippen molar-refractivity contribution in [3.05, 3.63) is 16.6 Å². The standard InChI is InChI=1S/C8H11NS/c1-6-2-3-7(6)8-4-9-5-10-8/h4-7H,2-3H2,1H3. The Hall–Kier alpha value is -0.370. The molecule has 0 radical (unpaired) electrons. The number of thiazole rings is 1. The number of hydrogen-bond donors (Lipinski definition) is 0. The van der Waals surface area contributed by atoms with Gasteiger partial charge >= 0.3 is 0 Å². The fourth-order valence-corrected chi connectivity index (χ4v) is 2.39. The molecule has 1 fully saturated rings. The first-order valence-electron chi connectivity index (χ1n) is 3.76. The smallest absolute Gasteiger partial charge is 0.0794 e. The van der Waals surface area contributed by atoms with Gasteiger partial charge in [0.15, 0.2) is 0 Å². The van der Waals surface area contributed by atoms with Crippen molar-refractivity contribution in [3.63, 3.8) is 0 Å². The van der Waals surface area contributed by atoms with Gasteiger partial charge in [-0.1, -0.05) is 6.92 Å². The molecular weight excluding hydrogens is 142 g/mol. The van der Waals surface area contributed by atoms with Gasteiger partial charge in [0.2, 0.25) is 0 Å². The highest BCUT2D eigenvalue weighted by atomic mass is 32.1. The van der Waals surface area contributed by atoms with Gasteiger partial charge in [-0.2, -0.15) is 0 Å². The lowest BCUT2D eigenvalue weighted by Crippen LogP contribution is -2.19. The Kier molecular flexibility index (Phi) is 1.49. The molecule has 0 amide bonds. The topological polar surface area (TPSA) is 12.9 Å². The molecular formula is C8H11NS. The molecule has 2 rings (SSSR count). The van der Waals surface area contributed by atoms with Crippen molar-refractivity contribution >= 4 is 11.3 Å². The van der Waals surface area contributed by atoms with Crippen LogP contribution >= 0.6 is 11.3 Å². The molecule has 0 bridgehead atoms. The molecule has 0 N–H and O–H groups in total. The number of nitrogens with zero attached hydrogens (tertiary/aromatic N) is 1. The van der Waals surface area contributed by atoms with E-state index in [1.54, 1.807) is 11.3 Å². The Morgan fingerprint density at radius 3 is 2.90 bits per heavy atom. The van der Waals surface area contributed by atoms with E-state index in [2.05, 4.69) is 11.9 Å². The summed E-state index contributed by atoms with van der Waals surface area (Å²) >= 11 is 1.80. The first kappa shape index (κ1) is 6.35. The van der Waals surface area contributed by atoms with Crippen LogP contribution in [-0.4, -0.2) is 4.98 Å². The summed E-state index contributed by atoms with van der Waals surface area (Å²) in [4.78, 5) is 5.56. The molecule has 2 heteroatoms. The van der Waals surface area contributed by atoms with E-state index in [0.717, 1.165) is 11.8 Å². The van der Waals surface area contributed by atoms with E-state index in [9.17, 15) is 0 Å². The van der Waals surface area contributed by atoms with E-state index < -0.39 is 0 Å². The van der Waals surface area contributed by atoms with Crippen LogP contribution in [0.4, 0.5) is 0 Å². The molecule has 2 atom stereocenters. The molecule has 2 unspecified atom stereocenters. The molecule has 0 spiro atoms. The molecule has 1 nitrogen and oxygen atoms in total. The fourth-order valence-electron chi connectivity index (χ4n) is 1.50. The lowest BCUT2D eigenvalue weighted by molar-refractivity contribution is 0.284. The van der Waals surface area contributed by atoms with E-state index in [1.165, 1.54) is 17.7 Å². The van der Waals surface area contributed by atoms with Gasteiger partial charge in [0.1, 0.15) is 0 Å². The Morgan fingerprint density at radius 1 is 1.60 bits per heavy atom. The summed E-state index contributed by atoms with van der Waals surface area (Å²) in [7, 11) is 0. The SMILES string of the molecule is CC1CCC1c1cncs1. The zero-order chi connectivity index (χ0) is 6.97. The van der Waals surface area contributed by atoms with E-state index in [0.29, 0.717) is 0 Å². The molecule has 0 aromatic carbocycles. The third-order valence-corrected chi connectivity index (χ3v) is 3.34. The van der Waals surface area contributed by atoms with Crippen molar-refractivity contribution in [1.29, 1.82) is 0 Å². The van der Waals surface area contributed by atoms with Gasteiger partial charge in [0.05, 0.1) is 5.51 Å². The number of aromatic nitrogens is 1. The summed E-state index contributed by atoms with van der Waals surface area (Å²) < 4.78 is 0. The first-order chi connectivity index (χ1) is 4.88. The highest BCUT2D eigenvalue weighted by molar-refractivity contribution is 7.09. The second-order valence-corrected chi connectivity index (χ2v) is 3.98. The summed E-state index contributed by atoms with van der Waals surface area (Å²) in [5, 5.41) is 0. The number of hydrogen-bond acceptors (Lipinski definition) is 2. The summed E-state index contributed by atoms with van der Waals surface area (Å²) in [5.41, 5.74) is 1.93. The van der Waals surface area contributed by atoms with E-state index in [4.69, 9.17) is 0 Å². The zero-order valence-electron chi connectivity index (χ0n) is 6.08. The van der Waals surface area contributed by atoms with Gasteiger partial charge in [0, 0.05) is 11.1 Å². The minimum atomic E-state index is 0.840. The van der Waals surface area contributed by atoms with Gasteiger partial charge in [-0.05, 0) is 24.7 Å². The average Bonchev–Trinajstić information content (AvgIpc) is 2.37. The van der Waals surface area contributed by atoms with Crippen molar-refractivity contribution in [3.8, 4) is 0 Å². The molecule has 1 aliphatic carbocycles. The minimum Gasteiger partial charge on any atom is -0.253 e. The Labute approximate surface area is 65.1 Å². The van der Waals surface area contributed by atoms with Crippen molar-refractivity contribution in [2.75, 3.05) is 0 Å². The second kappa shape index (κ2) is 2.35.